The smallest absolute Gasteiger partial charge is 0.303 e. The molecule has 0 spiro atoms. The van der Waals surface area contributed by atoms with Crippen molar-refractivity contribution in [2.45, 2.75) is 109 Å². The number of aliphatic carboxylic acids is 1. The van der Waals surface area contributed by atoms with Gasteiger partial charge in [0.25, 0.3) is 0 Å². The second kappa shape index (κ2) is 11.9. The van der Waals surface area contributed by atoms with Gasteiger partial charge < -0.3 is 14.6 Å². The molecule has 23 heavy (non-hydrogen) atoms. The summed E-state index contributed by atoms with van der Waals surface area (Å²) in [7, 11) is 0. The fraction of sp³-hybridized carbons (Fsp3) is 0.947. The van der Waals surface area contributed by atoms with E-state index >= 15 is 0 Å². The Hall–Kier alpha value is -0.610. The molecule has 1 fully saturated rings. The predicted octanol–water partition coefficient (Wildman–Crippen LogP) is 5.29. The molecule has 0 aromatic heterocycles. The van der Waals surface area contributed by atoms with Gasteiger partial charge in [-0.1, -0.05) is 71.1 Å². The monoisotopic (exact) mass is 328 g/mol. The molecule has 1 aliphatic heterocycles. The van der Waals surface area contributed by atoms with E-state index in [1.54, 1.807) is 0 Å². The maximum atomic E-state index is 10.6. The number of hydrogen-bond acceptors (Lipinski definition) is 3. The molecule has 2 unspecified atom stereocenters. The molecule has 0 amide bonds. The van der Waals surface area contributed by atoms with Crippen LogP contribution in [0.25, 0.3) is 0 Å². The summed E-state index contributed by atoms with van der Waals surface area (Å²) in [5.41, 5.74) is 0. The summed E-state index contributed by atoms with van der Waals surface area (Å²) in [5.74, 6) is -1.49. The van der Waals surface area contributed by atoms with Crippen LogP contribution in [0.1, 0.15) is 97.3 Å². The van der Waals surface area contributed by atoms with Crippen LogP contribution >= 0.6 is 0 Å². The molecule has 0 aromatic carbocycles. The molecule has 0 aliphatic carbocycles. The standard InChI is InChI=1S/C19H36O4/c1-3-4-5-6-7-8-9-10-11-12-13-17-16-22-19(2,23-17)15-14-18(20)21/h17H,3-16H2,1-2H3,(H,20,21). The molecule has 0 bridgehead atoms. The van der Waals surface area contributed by atoms with Gasteiger partial charge in [-0.2, -0.15) is 0 Å². The Morgan fingerprint density at radius 3 is 2.17 bits per heavy atom. The lowest BCUT2D eigenvalue weighted by Crippen LogP contribution is -2.27. The third kappa shape index (κ3) is 9.98. The second-order valence-electron chi connectivity index (χ2n) is 7.05. The molecule has 0 radical (unpaired) electrons. The van der Waals surface area contributed by atoms with E-state index < -0.39 is 11.8 Å². The summed E-state index contributed by atoms with van der Waals surface area (Å²) in [6.45, 7) is 4.72. The molecule has 1 rings (SSSR count). The van der Waals surface area contributed by atoms with Crippen molar-refractivity contribution >= 4 is 5.97 Å². The minimum atomic E-state index is -0.795. The number of carboxylic acids is 1. The van der Waals surface area contributed by atoms with Crippen molar-refractivity contribution in [2.75, 3.05) is 6.61 Å². The third-order valence-electron chi connectivity index (χ3n) is 4.66. The van der Waals surface area contributed by atoms with Gasteiger partial charge in [-0.15, -0.1) is 0 Å². The zero-order chi connectivity index (χ0) is 17.0. The highest BCUT2D eigenvalue weighted by Crippen LogP contribution is 2.30. The molecule has 1 aliphatic rings. The minimum Gasteiger partial charge on any atom is -0.481 e. The molecule has 1 heterocycles. The first-order valence-electron chi connectivity index (χ1n) is 9.59. The molecule has 0 saturated carbocycles. The van der Waals surface area contributed by atoms with Gasteiger partial charge in [0.05, 0.1) is 19.1 Å². The van der Waals surface area contributed by atoms with Crippen LogP contribution in [0.5, 0.6) is 0 Å². The molecule has 4 heteroatoms. The molecule has 0 aromatic rings. The van der Waals surface area contributed by atoms with Crippen LogP contribution < -0.4 is 0 Å². The van der Waals surface area contributed by atoms with E-state index in [4.69, 9.17) is 14.6 Å². The molecule has 1 saturated heterocycles. The van der Waals surface area contributed by atoms with Gasteiger partial charge in [-0.3, -0.25) is 4.79 Å². The quantitative estimate of drug-likeness (QED) is 0.440. The molecular weight excluding hydrogens is 292 g/mol. The van der Waals surface area contributed by atoms with Crippen LogP contribution in [0.4, 0.5) is 0 Å². The zero-order valence-corrected chi connectivity index (χ0v) is 15.1. The van der Waals surface area contributed by atoms with Crippen molar-refractivity contribution in [1.29, 1.82) is 0 Å². The zero-order valence-electron chi connectivity index (χ0n) is 15.1. The topological polar surface area (TPSA) is 55.8 Å². The van der Waals surface area contributed by atoms with Gasteiger partial charge >= 0.3 is 5.97 Å². The van der Waals surface area contributed by atoms with Crippen LogP contribution in [-0.4, -0.2) is 29.6 Å². The fourth-order valence-corrected chi connectivity index (χ4v) is 3.16. The SMILES string of the molecule is CCCCCCCCCCCCC1COC(C)(CCC(=O)O)O1. The molecule has 2 atom stereocenters. The van der Waals surface area contributed by atoms with Crippen molar-refractivity contribution in [3.8, 4) is 0 Å². The normalized spacial score (nSPS) is 24.2. The van der Waals surface area contributed by atoms with Gasteiger partial charge in [0.1, 0.15) is 0 Å². The van der Waals surface area contributed by atoms with E-state index in [0.29, 0.717) is 13.0 Å². The average Bonchev–Trinajstić information content (AvgIpc) is 2.89. The van der Waals surface area contributed by atoms with Crippen LogP contribution in [0.2, 0.25) is 0 Å². The van der Waals surface area contributed by atoms with Crippen molar-refractivity contribution in [3.63, 3.8) is 0 Å². The van der Waals surface area contributed by atoms with Crippen molar-refractivity contribution in [3.05, 3.63) is 0 Å². The highest BCUT2D eigenvalue weighted by molar-refractivity contribution is 5.66. The van der Waals surface area contributed by atoms with E-state index in [0.717, 1.165) is 6.42 Å². The maximum absolute atomic E-state index is 10.6. The summed E-state index contributed by atoms with van der Waals surface area (Å²) in [6.07, 6.45) is 15.1. The lowest BCUT2D eigenvalue weighted by Gasteiger charge is -2.22. The first kappa shape index (κ1) is 20.4. The lowest BCUT2D eigenvalue weighted by atomic mass is 10.0. The van der Waals surface area contributed by atoms with Crippen molar-refractivity contribution in [2.24, 2.45) is 0 Å². The van der Waals surface area contributed by atoms with Crippen LogP contribution in [0.3, 0.4) is 0 Å². The number of rotatable bonds is 14. The fourth-order valence-electron chi connectivity index (χ4n) is 3.16. The minimum absolute atomic E-state index is 0.0987. The van der Waals surface area contributed by atoms with Crippen LogP contribution in [0.15, 0.2) is 0 Å². The lowest BCUT2D eigenvalue weighted by molar-refractivity contribution is -0.166. The van der Waals surface area contributed by atoms with E-state index in [9.17, 15) is 4.79 Å². The van der Waals surface area contributed by atoms with Gasteiger partial charge in [-0.25, -0.2) is 0 Å². The Balaban J connectivity index is 1.93. The molecule has 1 N–H and O–H groups in total. The Labute approximate surface area is 141 Å². The van der Waals surface area contributed by atoms with Crippen LogP contribution in [-0.2, 0) is 14.3 Å². The number of ether oxygens (including phenoxy) is 2. The van der Waals surface area contributed by atoms with E-state index in [2.05, 4.69) is 6.92 Å². The summed E-state index contributed by atoms with van der Waals surface area (Å²) in [5, 5.41) is 8.75. The van der Waals surface area contributed by atoms with Gasteiger partial charge in [0.15, 0.2) is 5.79 Å². The average molecular weight is 328 g/mol. The number of carboxylic acid groups (broad SMARTS) is 1. The predicted molar refractivity (Wildman–Crippen MR) is 92.6 cm³/mol. The van der Waals surface area contributed by atoms with Crippen molar-refractivity contribution < 1.29 is 19.4 Å². The number of carbonyl (C=O) groups is 1. The molecule has 136 valence electrons. The summed E-state index contributed by atoms with van der Waals surface area (Å²) in [4.78, 5) is 10.6. The third-order valence-corrected chi connectivity index (χ3v) is 4.66. The highest BCUT2D eigenvalue weighted by Gasteiger charge is 2.36. The maximum Gasteiger partial charge on any atom is 0.303 e. The number of unbranched alkanes of at least 4 members (excludes halogenated alkanes) is 9. The number of hydrogen-bond donors (Lipinski definition) is 1. The Kier molecular flexibility index (Phi) is 10.5. The second-order valence-corrected chi connectivity index (χ2v) is 7.05. The molecular formula is C19H36O4. The summed E-state index contributed by atoms with van der Waals surface area (Å²) >= 11 is 0. The van der Waals surface area contributed by atoms with Gasteiger partial charge in [0.2, 0.25) is 0 Å². The van der Waals surface area contributed by atoms with Gasteiger partial charge in [0, 0.05) is 6.42 Å². The Bertz CT molecular complexity index is 318. The van der Waals surface area contributed by atoms with Crippen LogP contribution in [0, 0.1) is 0 Å². The van der Waals surface area contributed by atoms with E-state index in [-0.39, 0.29) is 12.5 Å². The highest BCUT2D eigenvalue weighted by atomic mass is 16.7. The Morgan fingerprint density at radius 2 is 1.61 bits per heavy atom. The van der Waals surface area contributed by atoms with Gasteiger partial charge in [-0.05, 0) is 13.3 Å². The largest absolute Gasteiger partial charge is 0.481 e. The van der Waals surface area contributed by atoms with E-state index in [1.807, 2.05) is 6.92 Å². The van der Waals surface area contributed by atoms with Crippen molar-refractivity contribution in [1.82, 2.24) is 0 Å². The first-order chi connectivity index (χ1) is 11.1. The van der Waals surface area contributed by atoms with E-state index in [1.165, 1.54) is 64.2 Å². The summed E-state index contributed by atoms with van der Waals surface area (Å²) < 4.78 is 11.6. The first-order valence-corrected chi connectivity index (χ1v) is 9.59. The molecule has 4 nitrogen and oxygen atoms in total. The Morgan fingerprint density at radius 1 is 1.04 bits per heavy atom. The summed E-state index contributed by atoms with van der Waals surface area (Å²) in [6, 6.07) is 0.